The number of hydrogen-bond acceptors (Lipinski definition) is 5. The number of hydrogen-bond donors (Lipinski definition) is 0. The minimum atomic E-state index is -0.862. The van der Waals surface area contributed by atoms with Gasteiger partial charge in [-0.2, -0.15) is 5.26 Å². The zero-order chi connectivity index (χ0) is 21.8. The maximum Gasteiger partial charge on any atom is 0.349 e. The Labute approximate surface area is 188 Å². The van der Waals surface area contributed by atoms with E-state index in [1.807, 2.05) is 54.6 Å². The van der Waals surface area contributed by atoms with Crippen molar-refractivity contribution < 1.29 is 14.3 Å². The summed E-state index contributed by atoms with van der Waals surface area (Å²) in [5.74, 6) is -1.27. The summed E-state index contributed by atoms with van der Waals surface area (Å²) in [6.45, 7) is -0.494. The van der Waals surface area contributed by atoms with Crippen LogP contribution in [0.1, 0.15) is 5.56 Å². The minimum Gasteiger partial charge on any atom is -0.451 e. The Morgan fingerprint density at radius 1 is 0.968 bits per heavy atom. The molecule has 1 aliphatic heterocycles. The highest BCUT2D eigenvalue weighted by molar-refractivity contribution is 7.99. The maximum absolute atomic E-state index is 13.1. The molecule has 5 nitrogen and oxygen atoms in total. The number of carbonyl (C=O) groups excluding carboxylic acids is 2. The lowest BCUT2D eigenvalue weighted by atomic mass is 10.1. The first-order chi connectivity index (χ1) is 15.1. The Hall–Kier alpha value is -3.53. The van der Waals surface area contributed by atoms with E-state index >= 15 is 0 Å². The van der Waals surface area contributed by atoms with E-state index in [-0.39, 0.29) is 5.57 Å². The third-order valence-electron chi connectivity index (χ3n) is 4.53. The molecule has 1 amide bonds. The molecular formula is C24H15ClN2O3S. The van der Waals surface area contributed by atoms with Crippen LogP contribution in [-0.4, -0.2) is 18.5 Å². The Bertz CT molecular complexity index is 1190. The van der Waals surface area contributed by atoms with Crippen molar-refractivity contribution in [2.24, 2.45) is 0 Å². The molecule has 0 N–H and O–H groups in total. The normalized spacial score (nSPS) is 12.4. The molecule has 7 heteroatoms. The molecule has 3 aromatic carbocycles. The summed E-state index contributed by atoms with van der Waals surface area (Å²) in [5, 5.41) is 9.89. The Balaban J connectivity index is 1.53. The fourth-order valence-electron chi connectivity index (χ4n) is 3.11. The van der Waals surface area contributed by atoms with Crippen LogP contribution in [0.25, 0.3) is 6.08 Å². The first kappa shape index (κ1) is 20.7. The van der Waals surface area contributed by atoms with Gasteiger partial charge >= 0.3 is 5.97 Å². The predicted octanol–water partition coefficient (Wildman–Crippen LogP) is 5.62. The SMILES string of the molecule is N#CC(=Cc1ccc(Cl)cc1)C(=O)OCC(=O)N1c2ccccc2Sc2ccccc21. The van der Waals surface area contributed by atoms with Crippen molar-refractivity contribution in [2.45, 2.75) is 9.79 Å². The number of carbonyl (C=O) groups is 2. The number of benzene rings is 3. The second-order valence-electron chi connectivity index (χ2n) is 6.56. The van der Waals surface area contributed by atoms with E-state index in [1.165, 1.54) is 6.08 Å². The average molecular weight is 447 g/mol. The number of rotatable bonds is 4. The standard InChI is InChI=1S/C24H15ClN2O3S/c25-18-11-9-16(10-12-18)13-17(14-26)24(29)30-15-23(28)27-19-5-1-3-7-21(19)31-22-8-4-2-6-20(22)27/h1-13H,15H2. The molecule has 0 aliphatic carbocycles. The van der Waals surface area contributed by atoms with Crippen LogP contribution in [0.4, 0.5) is 11.4 Å². The van der Waals surface area contributed by atoms with E-state index in [0.717, 1.165) is 21.2 Å². The Morgan fingerprint density at radius 2 is 1.55 bits per heavy atom. The van der Waals surface area contributed by atoms with Crippen LogP contribution in [0.3, 0.4) is 0 Å². The number of nitrogens with zero attached hydrogens (tertiary/aromatic N) is 2. The van der Waals surface area contributed by atoms with Gasteiger partial charge < -0.3 is 4.74 Å². The van der Waals surface area contributed by atoms with Crippen LogP contribution in [-0.2, 0) is 14.3 Å². The van der Waals surface area contributed by atoms with Crippen molar-refractivity contribution in [1.29, 1.82) is 5.26 Å². The summed E-state index contributed by atoms with van der Waals surface area (Å²) in [7, 11) is 0. The first-order valence-corrected chi connectivity index (χ1v) is 10.5. The molecule has 0 radical (unpaired) electrons. The first-order valence-electron chi connectivity index (χ1n) is 9.30. The van der Waals surface area contributed by atoms with Crippen molar-refractivity contribution in [3.8, 4) is 6.07 Å². The smallest absolute Gasteiger partial charge is 0.349 e. The third kappa shape index (κ3) is 4.48. The van der Waals surface area contributed by atoms with E-state index in [4.69, 9.17) is 16.3 Å². The van der Waals surface area contributed by atoms with Crippen LogP contribution in [0, 0.1) is 11.3 Å². The number of esters is 1. The van der Waals surface area contributed by atoms with E-state index in [9.17, 15) is 14.9 Å². The highest BCUT2D eigenvalue weighted by Gasteiger charge is 2.28. The molecule has 4 rings (SSSR count). The number of fused-ring (bicyclic) bond motifs is 2. The Morgan fingerprint density at radius 3 is 2.13 bits per heavy atom. The number of anilines is 2. The number of ether oxygens (including phenoxy) is 1. The van der Waals surface area contributed by atoms with Crippen molar-refractivity contribution in [3.63, 3.8) is 0 Å². The van der Waals surface area contributed by atoms with Gasteiger partial charge in [0.2, 0.25) is 0 Å². The molecule has 152 valence electrons. The number of amides is 1. The Kier molecular flexibility index (Phi) is 6.08. The molecular weight excluding hydrogens is 432 g/mol. The highest BCUT2D eigenvalue weighted by atomic mass is 35.5. The fourth-order valence-corrected chi connectivity index (χ4v) is 4.29. The molecule has 0 saturated carbocycles. The largest absolute Gasteiger partial charge is 0.451 e. The van der Waals surface area contributed by atoms with Gasteiger partial charge in [0.25, 0.3) is 5.91 Å². The van der Waals surface area contributed by atoms with Gasteiger partial charge in [0.05, 0.1) is 11.4 Å². The van der Waals surface area contributed by atoms with Crippen LogP contribution < -0.4 is 4.90 Å². The fraction of sp³-hybridized carbons (Fsp3) is 0.0417. The van der Waals surface area contributed by atoms with Crippen molar-refractivity contribution in [2.75, 3.05) is 11.5 Å². The van der Waals surface area contributed by atoms with E-state index in [0.29, 0.717) is 10.6 Å². The lowest BCUT2D eigenvalue weighted by Crippen LogP contribution is -2.32. The van der Waals surface area contributed by atoms with Crippen LogP contribution in [0.15, 0.2) is 88.2 Å². The van der Waals surface area contributed by atoms with Gasteiger partial charge in [0.15, 0.2) is 6.61 Å². The summed E-state index contributed by atoms with van der Waals surface area (Å²) in [4.78, 5) is 28.9. The second kappa shape index (κ2) is 9.09. The van der Waals surface area contributed by atoms with Gasteiger partial charge in [0.1, 0.15) is 11.6 Å². The molecule has 0 unspecified atom stereocenters. The molecule has 0 atom stereocenters. The summed E-state index contributed by atoms with van der Waals surface area (Å²) >= 11 is 7.43. The van der Waals surface area contributed by atoms with Gasteiger partial charge in [-0.3, -0.25) is 9.69 Å². The highest BCUT2D eigenvalue weighted by Crippen LogP contribution is 2.47. The summed E-state index contributed by atoms with van der Waals surface area (Å²) < 4.78 is 5.18. The molecule has 0 bridgehead atoms. The van der Waals surface area contributed by atoms with Crippen LogP contribution in [0.2, 0.25) is 5.02 Å². The van der Waals surface area contributed by atoms with Crippen molar-refractivity contribution in [3.05, 3.63) is 89.0 Å². The van der Waals surface area contributed by atoms with Crippen molar-refractivity contribution >= 4 is 52.7 Å². The van der Waals surface area contributed by atoms with E-state index in [1.54, 1.807) is 40.9 Å². The van der Waals surface area contributed by atoms with E-state index < -0.39 is 18.5 Å². The predicted molar refractivity (Wildman–Crippen MR) is 120 cm³/mol. The summed E-state index contributed by atoms with van der Waals surface area (Å²) in [5.41, 5.74) is 1.87. The molecule has 31 heavy (non-hydrogen) atoms. The number of halogens is 1. The van der Waals surface area contributed by atoms with Crippen molar-refractivity contribution in [1.82, 2.24) is 0 Å². The van der Waals surface area contributed by atoms with Gasteiger partial charge in [-0.15, -0.1) is 0 Å². The molecule has 0 aromatic heterocycles. The molecule has 1 heterocycles. The number of nitriles is 1. The lowest BCUT2D eigenvalue weighted by molar-refractivity contribution is -0.143. The molecule has 0 spiro atoms. The lowest BCUT2D eigenvalue weighted by Gasteiger charge is -2.30. The van der Waals surface area contributed by atoms with Crippen LogP contribution in [0.5, 0.6) is 0 Å². The zero-order valence-electron chi connectivity index (χ0n) is 16.1. The van der Waals surface area contributed by atoms with Gasteiger partial charge in [-0.1, -0.05) is 59.8 Å². The summed E-state index contributed by atoms with van der Waals surface area (Å²) in [6, 6.07) is 23.6. The molecule has 1 aliphatic rings. The van der Waals surface area contributed by atoms with E-state index in [2.05, 4.69) is 0 Å². The maximum atomic E-state index is 13.1. The monoisotopic (exact) mass is 446 g/mol. The van der Waals surface area contributed by atoms with Gasteiger partial charge in [0, 0.05) is 14.8 Å². The topological polar surface area (TPSA) is 70.4 Å². The average Bonchev–Trinajstić information content (AvgIpc) is 2.80. The minimum absolute atomic E-state index is 0.204. The second-order valence-corrected chi connectivity index (χ2v) is 8.08. The molecule has 0 fully saturated rings. The van der Waals surface area contributed by atoms with Gasteiger partial charge in [-0.05, 0) is 48.0 Å². The zero-order valence-corrected chi connectivity index (χ0v) is 17.7. The quantitative estimate of drug-likeness (QED) is 0.295. The summed E-state index contributed by atoms with van der Waals surface area (Å²) in [6.07, 6.45) is 1.39. The molecule has 3 aromatic rings. The van der Waals surface area contributed by atoms with Gasteiger partial charge in [-0.25, -0.2) is 4.79 Å². The number of para-hydroxylation sites is 2. The third-order valence-corrected chi connectivity index (χ3v) is 5.91. The molecule has 0 saturated heterocycles. The van der Waals surface area contributed by atoms with Crippen LogP contribution >= 0.6 is 23.4 Å².